The van der Waals surface area contributed by atoms with Crippen molar-refractivity contribution in [2.45, 2.75) is 20.8 Å². The van der Waals surface area contributed by atoms with E-state index in [1.165, 1.54) is 0 Å². The minimum atomic E-state index is -0.312. The Morgan fingerprint density at radius 1 is 1.14 bits per heavy atom. The smallest absolute Gasteiger partial charge is 0.321 e. The van der Waals surface area contributed by atoms with Gasteiger partial charge in [0, 0.05) is 10.7 Å². The van der Waals surface area contributed by atoms with Gasteiger partial charge in [-0.3, -0.25) is 0 Å². The lowest BCUT2D eigenvalue weighted by atomic mass is 10.1. The van der Waals surface area contributed by atoms with Crippen LogP contribution in [0.4, 0.5) is 10.5 Å². The molecule has 2 rings (SSSR count). The highest BCUT2D eigenvalue weighted by atomic mass is 35.5. The van der Waals surface area contributed by atoms with E-state index >= 15 is 0 Å². The highest BCUT2D eigenvalue weighted by Crippen LogP contribution is 2.25. The van der Waals surface area contributed by atoms with Crippen LogP contribution >= 0.6 is 11.6 Å². The van der Waals surface area contributed by atoms with Crippen molar-refractivity contribution in [1.29, 1.82) is 0 Å². The number of halogens is 1. The van der Waals surface area contributed by atoms with E-state index in [9.17, 15) is 4.79 Å². The minimum Gasteiger partial charge on any atom is -0.473 e. The van der Waals surface area contributed by atoms with Crippen LogP contribution in [0.15, 0.2) is 36.4 Å². The number of rotatable bonds is 4. The van der Waals surface area contributed by atoms with Crippen LogP contribution in [-0.2, 0) is 0 Å². The Hall–Kier alpha value is -2.20. The number of carbonyl (C=O) groups is 1. The number of benzene rings is 2. The second kappa shape index (κ2) is 7.18. The molecule has 22 heavy (non-hydrogen) atoms. The van der Waals surface area contributed by atoms with Gasteiger partial charge < -0.3 is 15.4 Å². The molecule has 0 saturated carbocycles. The first-order valence-electron chi connectivity index (χ1n) is 6.97. The molecule has 0 aliphatic rings. The summed E-state index contributed by atoms with van der Waals surface area (Å²) >= 11 is 6.10. The zero-order valence-electron chi connectivity index (χ0n) is 12.9. The molecule has 0 aromatic heterocycles. The van der Waals surface area contributed by atoms with Crippen LogP contribution in [0.1, 0.15) is 16.7 Å². The van der Waals surface area contributed by atoms with Crippen molar-refractivity contribution >= 4 is 23.3 Å². The minimum absolute atomic E-state index is 0.0815. The Kier molecular flexibility index (Phi) is 5.28. The van der Waals surface area contributed by atoms with E-state index in [1.807, 2.05) is 57.2 Å². The quantitative estimate of drug-likeness (QED) is 0.820. The molecule has 0 saturated heterocycles. The number of carbonyl (C=O) groups excluding carboxylic acids is 1. The molecule has 0 unspecified atom stereocenters. The predicted octanol–water partition coefficient (Wildman–Crippen LogP) is 4.42. The third-order valence-corrected chi connectivity index (χ3v) is 3.75. The van der Waals surface area contributed by atoms with Gasteiger partial charge in [-0.2, -0.15) is 0 Å². The van der Waals surface area contributed by atoms with Crippen molar-refractivity contribution in [3.05, 3.63) is 58.1 Å². The molecule has 0 fully saturated rings. The van der Waals surface area contributed by atoms with E-state index in [1.54, 1.807) is 0 Å². The van der Waals surface area contributed by atoms with Crippen LogP contribution in [0.25, 0.3) is 0 Å². The highest BCUT2D eigenvalue weighted by Gasteiger charge is 2.05. The van der Waals surface area contributed by atoms with Crippen LogP contribution in [0.3, 0.4) is 0 Å². The van der Waals surface area contributed by atoms with E-state index in [4.69, 9.17) is 16.3 Å². The van der Waals surface area contributed by atoms with Gasteiger partial charge in [0.05, 0.1) is 0 Å². The number of hydrogen-bond acceptors (Lipinski definition) is 2. The zero-order chi connectivity index (χ0) is 16.1. The summed E-state index contributed by atoms with van der Waals surface area (Å²) in [4.78, 5) is 11.8. The van der Waals surface area contributed by atoms with Crippen LogP contribution in [0.2, 0.25) is 5.02 Å². The molecule has 0 spiro atoms. The number of anilines is 1. The molecule has 0 aliphatic carbocycles. The van der Waals surface area contributed by atoms with Crippen molar-refractivity contribution in [1.82, 2.24) is 5.32 Å². The third-order valence-electron chi connectivity index (χ3n) is 3.16. The number of nitrogens with one attached hydrogen (secondary N) is 2. The maximum atomic E-state index is 11.8. The standard InChI is InChI=1S/C17H19ClN2O2/c1-11-5-4-6-14(7-11)20-17(21)19-10-22-15-8-12(2)16(18)13(3)9-15/h4-9H,10H2,1-3H3,(H2,19,20,21). The second-order valence-electron chi connectivity index (χ2n) is 5.16. The maximum Gasteiger partial charge on any atom is 0.321 e. The zero-order valence-corrected chi connectivity index (χ0v) is 13.6. The van der Waals surface area contributed by atoms with E-state index in [0.29, 0.717) is 5.75 Å². The average molecular weight is 319 g/mol. The van der Waals surface area contributed by atoms with E-state index < -0.39 is 0 Å². The van der Waals surface area contributed by atoms with Crippen molar-refractivity contribution in [3.63, 3.8) is 0 Å². The number of aryl methyl sites for hydroxylation is 3. The predicted molar refractivity (Wildman–Crippen MR) is 89.8 cm³/mol. The summed E-state index contributed by atoms with van der Waals surface area (Å²) in [7, 11) is 0. The van der Waals surface area contributed by atoms with Crippen LogP contribution in [0, 0.1) is 20.8 Å². The van der Waals surface area contributed by atoms with Gasteiger partial charge in [0.15, 0.2) is 6.73 Å². The van der Waals surface area contributed by atoms with Crippen molar-refractivity contribution < 1.29 is 9.53 Å². The summed E-state index contributed by atoms with van der Waals surface area (Å²) in [6.07, 6.45) is 0. The van der Waals surface area contributed by atoms with Gasteiger partial charge in [-0.15, -0.1) is 0 Å². The monoisotopic (exact) mass is 318 g/mol. The molecule has 0 radical (unpaired) electrons. The molecule has 116 valence electrons. The lowest BCUT2D eigenvalue weighted by Gasteiger charge is -2.11. The summed E-state index contributed by atoms with van der Waals surface area (Å²) in [5.41, 5.74) is 3.72. The number of urea groups is 1. The van der Waals surface area contributed by atoms with Crippen molar-refractivity contribution in [2.75, 3.05) is 12.0 Å². The fourth-order valence-electron chi connectivity index (χ4n) is 2.07. The SMILES string of the molecule is Cc1cccc(NC(=O)NCOc2cc(C)c(Cl)c(C)c2)c1. The molecule has 2 aromatic carbocycles. The maximum absolute atomic E-state index is 11.8. The first kappa shape index (κ1) is 16.2. The van der Waals surface area contributed by atoms with Crippen LogP contribution < -0.4 is 15.4 Å². The number of hydrogen-bond donors (Lipinski definition) is 2. The van der Waals surface area contributed by atoms with E-state index in [0.717, 1.165) is 27.4 Å². The summed E-state index contributed by atoms with van der Waals surface area (Å²) in [6.45, 7) is 5.88. The molecule has 0 atom stereocenters. The first-order chi connectivity index (χ1) is 10.5. The normalized spacial score (nSPS) is 10.2. The summed E-state index contributed by atoms with van der Waals surface area (Å²) in [6, 6.07) is 11.0. The molecular formula is C17H19ClN2O2. The Balaban J connectivity index is 1.84. The Bertz CT molecular complexity index is 663. The molecule has 2 N–H and O–H groups in total. The highest BCUT2D eigenvalue weighted by molar-refractivity contribution is 6.32. The van der Waals surface area contributed by atoms with Gasteiger partial charge in [-0.25, -0.2) is 4.79 Å². The lowest BCUT2D eigenvalue weighted by Crippen LogP contribution is -2.32. The summed E-state index contributed by atoms with van der Waals surface area (Å²) < 4.78 is 5.52. The van der Waals surface area contributed by atoms with Gasteiger partial charge in [-0.05, 0) is 61.7 Å². The van der Waals surface area contributed by atoms with E-state index in [2.05, 4.69) is 10.6 Å². The van der Waals surface area contributed by atoms with Crippen molar-refractivity contribution in [2.24, 2.45) is 0 Å². The number of ether oxygens (including phenoxy) is 1. The van der Waals surface area contributed by atoms with Gasteiger partial charge in [0.25, 0.3) is 0 Å². The molecule has 0 aliphatic heterocycles. The Morgan fingerprint density at radius 2 is 1.82 bits per heavy atom. The summed E-state index contributed by atoms with van der Waals surface area (Å²) in [5, 5.41) is 6.13. The third kappa shape index (κ3) is 4.40. The molecule has 2 aromatic rings. The van der Waals surface area contributed by atoms with Crippen LogP contribution in [0.5, 0.6) is 5.75 Å². The molecule has 0 heterocycles. The average Bonchev–Trinajstić information content (AvgIpc) is 2.44. The fraction of sp³-hybridized carbons (Fsp3) is 0.235. The second-order valence-corrected chi connectivity index (χ2v) is 5.54. The first-order valence-corrected chi connectivity index (χ1v) is 7.34. The molecular weight excluding hydrogens is 300 g/mol. The number of amides is 2. The fourth-order valence-corrected chi connectivity index (χ4v) is 2.18. The van der Waals surface area contributed by atoms with E-state index in [-0.39, 0.29) is 12.8 Å². The Labute approximate surface area is 135 Å². The molecule has 0 bridgehead atoms. The van der Waals surface area contributed by atoms with Gasteiger partial charge in [0.1, 0.15) is 5.75 Å². The topological polar surface area (TPSA) is 50.4 Å². The Morgan fingerprint density at radius 3 is 2.45 bits per heavy atom. The molecule has 2 amide bonds. The van der Waals surface area contributed by atoms with Crippen LogP contribution in [-0.4, -0.2) is 12.8 Å². The van der Waals surface area contributed by atoms with Gasteiger partial charge >= 0.3 is 6.03 Å². The van der Waals surface area contributed by atoms with Gasteiger partial charge in [0.2, 0.25) is 0 Å². The van der Waals surface area contributed by atoms with Crippen molar-refractivity contribution in [3.8, 4) is 5.75 Å². The largest absolute Gasteiger partial charge is 0.473 e. The molecule has 4 nitrogen and oxygen atoms in total. The van der Waals surface area contributed by atoms with Gasteiger partial charge in [-0.1, -0.05) is 23.7 Å². The summed E-state index contributed by atoms with van der Waals surface area (Å²) in [5.74, 6) is 0.676. The lowest BCUT2D eigenvalue weighted by molar-refractivity contribution is 0.234. The molecule has 5 heteroatoms.